The number of carbonyl (C=O) groups is 1. The van der Waals surface area contributed by atoms with Crippen LogP contribution in [0.1, 0.15) is 29.5 Å². The van der Waals surface area contributed by atoms with E-state index in [1.54, 1.807) is 11.8 Å². The van der Waals surface area contributed by atoms with Gasteiger partial charge in [0.15, 0.2) is 5.17 Å². The van der Waals surface area contributed by atoms with E-state index in [2.05, 4.69) is 52.0 Å². The molecule has 0 bridgehead atoms. The molecule has 2 aliphatic heterocycles. The number of benzene rings is 2. The Hall–Kier alpha value is -2.60. The van der Waals surface area contributed by atoms with Gasteiger partial charge in [-0.15, -0.1) is 0 Å². The Labute approximate surface area is 157 Å². The third kappa shape index (κ3) is 3.65. The van der Waals surface area contributed by atoms with Crippen LogP contribution >= 0.6 is 11.8 Å². The van der Waals surface area contributed by atoms with Gasteiger partial charge in [0.1, 0.15) is 0 Å². The summed E-state index contributed by atoms with van der Waals surface area (Å²) in [5.74, 6) is 1.19. The summed E-state index contributed by atoms with van der Waals surface area (Å²) in [5.41, 5.74) is 8.30. The summed E-state index contributed by atoms with van der Waals surface area (Å²) >= 11 is 1.66. The summed E-state index contributed by atoms with van der Waals surface area (Å²) in [7, 11) is 0. The lowest BCUT2D eigenvalue weighted by Gasteiger charge is -2.16. The van der Waals surface area contributed by atoms with Crippen molar-refractivity contribution in [2.24, 2.45) is 10.1 Å². The summed E-state index contributed by atoms with van der Waals surface area (Å²) < 4.78 is 0. The van der Waals surface area contributed by atoms with E-state index in [4.69, 9.17) is 0 Å². The number of anilines is 1. The zero-order valence-corrected chi connectivity index (χ0v) is 15.3. The van der Waals surface area contributed by atoms with Crippen molar-refractivity contribution in [2.75, 3.05) is 17.6 Å². The fraction of sp³-hybridized carbons (Fsp3) is 0.250. The van der Waals surface area contributed by atoms with Crippen LogP contribution in [-0.4, -0.2) is 29.1 Å². The Kier molecular flexibility index (Phi) is 4.75. The highest BCUT2D eigenvalue weighted by Crippen LogP contribution is 2.25. The van der Waals surface area contributed by atoms with Gasteiger partial charge in [-0.3, -0.25) is 15.2 Å². The number of aliphatic imine (C=N–C) groups is 1. The van der Waals surface area contributed by atoms with Crippen molar-refractivity contribution in [3.8, 4) is 0 Å². The lowest BCUT2D eigenvalue weighted by atomic mass is 10.0. The maximum absolute atomic E-state index is 11.5. The normalized spacial score (nSPS) is 18.7. The van der Waals surface area contributed by atoms with E-state index >= 15 is 0 Å². The molecule has 0 saturated carbocycles. The maximum atomic E-state index is 11.5. The molecule has 5 nitrogen and oxygen atoms in total. The number of fused-ring (bicyclic) bond motifs is 1. The van der Waals surface area contributed by atoms with Crippen LogP contribution in [0.25, 0.3) is 0 Å². The lowest BCUT2D eigenvalue weighted by molar-refractivity contribution is -0.115. The van der Waals surface area contributed by atoms with Crippen LogP contribution in [0, 0.1) is 0 Å². The van der Waals surface area contributed by atoms with Crippen LogP contribution in [0.2, 0.25) is 0 Å². The third-order valence-corrected chi connectivity index (χ3v) is 5.49. The summed E-state index contributed by atoms with van der Waals surface area (Å²) in [6.45, 7) is 2.91. The third-order valence-electron chi connectivity index (χ3n) is 4.58. The molecule has 6 heteroatoms. The number of thioether (sulfide) groups is 1. The summed E-state index contributed by atoms with van der Waals surface area (Å²) in [5, 5.41) is 8.22. The molecule has 2 aliphatic rings. The second-order valence-electron chi connectivity index (χ2n) is 6.51. The first-order valence-corrected chi connectivity index (χ1v) is 9.65. The number of amides is 1. The minimum atomic E-state index is 0.0530. The van der Waals surface area contributed by atoms with Crippen LogP contribution in [-0.2, 0) is 11.2 Å². The zero-order chi connectivity index (χ0) is 17.9. The predicted molar refractivity (Wildman–Crippen MR) is 108 cm³/mol. The van der Waals surface area contributed by atoms with Crippen molar-refractivity contribution in [1.29, 1.82) is 0 Å². The number of hydrazone groups is 1. The molecular formula is C20H20N4OS. The first kappa shape index (κ1) is 16.8. The Morgan fingerprint density at radius 3 is 2.85 bits per heavy atom. The van der Waals surface area contributed by atoms with Crippen LogP contribution in [0.5, 0.6) is 0 Å². The minimum Gasteiger partial charge on any atom is -0.326 e. The molecule has 0 aliphatic carbocycles. The van der Waals surface area contributed by atoms with Crippen molar-refractivity contribution < 1.29 is 4.79 Å². The number of hydrogen-bond donors (Lipinski definition) is 2. The number of rotatable bonds is 4. The molecule has 2 heterocycles. The highest BCUT2D eigenvalue weighted by atomic mass is 32.2. The highest BCUT2D eigenvalue weighted by molar-refractivity contribution is 8.14. The predicted octanol–water partition coefficient (Wildman–Crippen LogP) is 3.38. The zero-order valence-electron chi connectivity index (χ0n) is 14.5. The maximum Gasteiger partial charge on any atom is 0.228 e. The highest BCUT2D eigenvalue weighted by Gasteiger charge is 2.20. The molecule has 1 amide bonds. The smallest absolute Gasteiger partial charge is 0.228 e. The van der Waals surface area contributed by atoms with E-state index in [9.17, 15) is 4.79 Å². The summed E-state index contributed by atoms with van der Waals surface area (Å²) in [4.78, 5) is 16.1. The van der Waals surface area contributed by atoms with E-state index in [1.165, 1.54) is 5.56 Å². The number of carbonyl (C=O) groups excluding carboxylic acids is 1. The topological polar surface area (TPSA) is 65.8 Å². The Bertz CT molecular complexity index is 892. The molecule has 2 aromatic rings. The van der Waals surface area contributed by atoms with Crippen LogP contribution < -0.4 is 10.7 Å². The van der Waals surface area contributed by atoms with Gasteiger partial charge in [0.05, 0.1) is 12.1 Å². The first-order chi connectivity index (χ1) is 12.7. The fourth-order valence-corrected chi connectivity index (χ4v) is 3.83. The van der Waals surface area contributed by atoms with Crippen molar-refractivity contribution in [2.45, 2.75) is 19.3 Å². The van der Waals surface area contributed by atoms with E-state index in [0.717, 1.165) is 40.0 Å². The number of nitrogens with one attached hydrogen (secondary N) is 2. The molecule has 0 radical (unpaired) electrons. The van der Waals surface area contributed by atoms with Gasteiger partial charge < -0.3 is 5.32 Å². The molecule has 132 valence electrons. The molecule has 4 rings (SSSR count). The van der Waals surface area contributed by atoms with Crippen LogP contribution in [0.3, 0.4) is 0 Å². The Morgan fingerprint density at radius 2 is 2.08 bits per heavy atom. The quantitative estimate of drug-likeness (QED) is 0.874. The molecule has 0 spiro atoms. The van der Waals surface area contributed by atoms with Gasteiger partial charge in [-0.05, 0) is 17.2 Å². The number of hydrogen-bond acceptors (Lipinski definition) is 4. The first-order valence-electron chi connectivity index (χ1n) is 8.67. The SMILES string of the molecule is CC(CN=C1NN=C(c2ccc3c(c2)NC(=O)C3)CS1)c1ccccc1. The second-order valence-corrected chi connectivity index (χ2v) is 7.48. The van der Waals surface area contributed by atoms with E-state index in [1.807, 2.05) is 24.3 Å². The Morgan fingerprint density at radius 1 is 1.23 bits per heavy atom. The van der Waals surface area contributed by atoms with Crippen LogP contribution in [0.4, 0.5) is 5.69 Å². The molecule has 1 unspecified atom stereocenters. The number of nitrogens with zero attached hydrogens (tertiary/aromatic N) is 2. The summed E-state index contributed by atoms with van der Waals surface area (Å²) in [6, 6.07) is 16.4. The molecule has 2 aromatic carbocycles. The largest absolute Gasteiger partial charge is 0.326 e. The van der Waals surface area contributed by atoms with Gasteiger partial charge in [0, 0.05) is 29.5 Å². The standard InChI is InChI=1S/C20H20N4OS/c1-13(14-5-3-2-4-6-14)11-21-20-24-23-18(12-26-20)15-7-8-16-10-19(25)22-17(16)9-15/h2-9,13H,10-12H2,1H3,(H,21,24)(H,22,25). The fourth-order valence-electron chi connectivity index (χ4n) is 3.05. The van der Waals surface area contributed by atoms with Gasteiger partial charge in [-0.1, -0.05) is 61.2 Å². The average molecular weight is 364 g/mol. The average Bonchev–Trinajstić information content (AvgIpc) is 3.06. The minimum absolute atomic E-state index is 0.0530. The second kappa shape index (κ2) is 7.33. The van der Waals surface area contributed by atoms with Crippen molar-refractivity contribution in [1.82, 2.24) is 5.43 Å². The van der Waals surface area contributed by atoms with Crippen molar-refractivity contribution >= 4 is 34.2 Å². The summed E-state index contributed by atoms with van der Waals surface area (Å²) in [6.07, 6.45) is 0.464. The van der Waals surface area contributed by atoms with Gasteiger partial charge in [-0.2, -0.15) is 5.10 Å². The van der Waals surface area contributed by atoms with Gasteiger partial charge in [-0.25, -0.2) is 0 Å². The molecule has 26 heavy (non-hydrogen) atoms. The molecule has 0 saturated heterocycles. The molecule has 1 atom stereocenters. The lowest BCUT2D eigenvalue weighted by Crippen LogP contribution is -2.26. The molecular weight excluding hydrogens is 344 g/mol. The van der Waals surface area contributed by atoms with E-state index < -0.39 is 0 Å². The van der Waals surface area contributed by atoms with E-state index in [-0.39, 0.29) is 5.91 Å². The molecule has 0 fully saturated rings. The van der Waals surface area contributed by atoms with Gasteiger partial charge >= 0.3 is 0 Å². The molecule has 2 N–H and O–H groups in total. The van der Waals surface area contributed by atoms with Crippen molar-refractivity contribution in [3.05, 3.63) is 65.2 Å². The van der Waals surface area contributed by atoms with Crippen molar-refractivity contribution in [3.63, 3.8) is 0 Å². The monoisotopic (exact) mass is 364 g/mol. The van der Waals surface area contributed by atoms with Crippen LogP contribution in [0.15, 0.2) is 58.6 Å². The van der Waals surface area contributed by atoms with Gasteiger partial charge in [0.25, 0.3) is 0 Å². The Balaban J connectivity index is 1.41. The number of amidine groups is 1. The van der Waals surface area contributed by atoms with Gasteiger partial charge in [0.2, 0.25) is 5.91 Å². The van der Waals surface area contributed by atoms with E-state index in [0.29, 0.717) is 12.3 Å². The molecule has 0 aromatic heterocycles.